The lowest BCUT2D eigenvalue weighted by molar-refractivity contribution is 0.100. The maximum atomic E-state index is 11.6. The molecular weight excluding hydrogens is 314 g/mol. The van der Waals surface area contributed by atoms with Crippen molar-refractivity contribution in [3.05, 3.63) is 48.2 Å². The molecule has 0 bridgehead atoms. The van der Waals surface area contributed by atoms with Gasteiger partial charge in [-0.25, -0.2) is 0 Å². The summed E-state index contributed by atoms with van der Waals surface area (Å²) in [7, 11) is 5.99. The number of rotatable bonds is 6. The van der Waals surface area contributed by atoms with Crippen molar-refractivity contribution in [2.45, 2.75) is 0 Å². The van der Waals surface area contributed by atoms with Crippen LogP contribution in [0.4, 0.5) is 5.69 Å². The van der Waals surface area contributed by atoms with Gasteiger partial charge in [0.1, 0.15) is 0 Å². The monoisotopic (exact) mass is 337 g/mol. The van der Waals surface area contributed by atoms with Gasteiger partial charge in [-0.1, -0.05) is 6.07 Å². The molecule has 0 aliphatic rings. The van der Waals surface area contributed by atoms with Crippen molar-refractivity contribution >= 4 is 22.5 Å². The Hall–Kier alpha value is -2.86. The lowest BCUT2D eigenvalue weighted by Crippen LogP contribution is -2.21. The van der Waals surface area contributed by atoms with E-state index in [2.05, 4.69) is 21.4 Å². The van der Waals surface area contributed by atoms with E-state index in [1.807, 2.05) is 56.3 Å². The highest BCUT2D eigenvalue weighted by Gasteiger charge is 2.11. The zero-order chi connectivity index (χ0) is 18.0. The van der Waals surface area contributed by atoms with Gasteiger partial charge in [0.15, 0.2) is 0 Å². The Labute approximate surface area is 147 Å². The average molecular weight is 337 g/mol. The fourth-order valence-corrected chi connectivity index (χ4v) is 2.84. The van der Waals surface area contributed by atoms with E-state index in [-0.39, 0.29) is 0 Å². The molecule has 1 amide bonds. The molecule has 3 aromatic rings. The van der Waals surface area contributed by atoms with Crippen LogP contribution in [0.5, 0.6) is 0 Å². The molecule has 0 saturated heterocycles. The van der Waals surface area contributed by atoms with Gasteiger partial charge >= 0.3 is 0 Å². The topological polar surface area (TPSA) is 76.2 Å². The van der Waals surface area contributed by atoms with Crippen molar-refractivity contribution < 1.29 is 4.79 Å². The summed E-state index contributed by atoms with van der Waals surface area (Å²) < 4.78 is 1.84. The van der Waals surface area contributed by atoms with Crippen LogP contribution < -0.4 is 11.1 Å². The molecule has 3 N–H and O–H groups in total. The number of aryl methyl sites for hydroxylation is 1. The van der Waals surface area contributed by atoms with Gasteiger partial charge in [0.2, 0.25) is 5.91 Å². The molecule has 0 aliphatic carbocycles. The number of carbonyl (C=O) groups is 1. The van der Waals surface area contributed by atoms with Crippen molar-refractivity contribution in [2.24, 2.45) is 12.8 Å². The first kappa shape index (κ1) is 17.0. The highest BCUT2D eigenvalue weighted by atomic mass is 16.1. The molecule has 0 fully saturated rings. The van der Waals surface area contributed by atoms with Gasteiger partial charge < -0.3 is 16.0 Å². The van der Waals surface area contributed by atoms with Crippen LogP contribution in [0.25, 0.3) is 22.0 Å². The molecule has 3 rings (SSSR count). The number of likely N-dealkylation sites (N-methyl/N-ethyl adjacent to an activating group) is 1. The number of benzene rings is 2. The molecular formula is C19H23N5O. The number of aromatic nitrogens is 2. The number of hydrogen-bond donors (Lipinski definition) is 2. The minimum atomic E-state index is -0.427. The predicted octanol–water partition coefficient (Wildman–Crippen LogP) is 2.31. The van der Waals surface area contributed by atoms with E-state index in [1.165, 1.54) is 0 Å². The number of nitrogens with zero attached hydrogens (tertiary/aromatic N) is 3. The van der Waals surface area contributed by atoms with Crippen LogP contribution >= 0.6 is 0 Å². The summed E-state index contributed by atoms with van der Waals surface area (Å²) in [5.41, 5.74) is 10.00. The summed E-state index contributed by atoms with van der Waals surface area (Å²) in [6, 6.07) is 11.7. The molecule has 6 heteroatoms. The number of nitrogens with one attached hydrogen (secondary N) is 1. The van der Waals surface area contributed by atoms with Gasteiger partial charge in [-0.05, 0) is 50.0 Å². The van der Waals surface area contributed by atoms with Crippen LogP contribution in [0.2, 0.25) is 0 Å². The first-order valence-corrected chi connectivity index (χ1v) is 8.20. The summed E-state index contributed by atoms with van der Waals surface area (Å²) in [6.45, 7) is 1.73. The number of fused-ring (bicyclic) bond motifs is 1. The van der Waals surface area contributed by atoms with Crippen molar-refractivity contribution in [3.63, 3.8) is 0 Å². The predicted molar refractivity (Wildman–Crippen MR) is 102 cm³/mol. The molecule has 1 heterocycles. The van der Waals surface area contributed by atoms with E-state index < -0.39 is 5.91 Å². The van der Waals surface area contributed by atoms with Crippen molar-refractivity contribution in [1.82, 2.24) is 14.7 Å². The summed E-state index contributed by atoms with van der Waals surface area (Å²) in [6.07, 6.45) is 1.84. The third kappa shape index (κ3) is 3.64. The van der Waals surface area contributed by atoms with E-state index in [1.54, 1.807) is 6.07 Å². The maximum Gasteiger partial charge on any atom is 0.248 e. The third-order valence-electron chi connectivity index (χ3n) is 4.24. The van der Waals surface area contributed by atoms with Crippen molar-refractivity contribution in [3.8, 4) is 11.1 Å². The Bertz CT molecular complexity index is 913. The summed E-state index contributed by atoms with van der Waals surface area (Å²) in [4.78, 5) is 13.7. The molecule has 130 valence electrons. The summed E-state index contributed by atoms with van der Waals surface area (Å²) in [5.74, 6) is -0.427. The molecule has 0 spiro atoms. The highest BCUT2D eigenvalue weighted by molar-refractivity contribution is 5.96. The van der Waals surface area contributed by atoms with Crippen LogP contribution in [-0.4, -0.2) is 47.8 Å². The number of nitrogens with two attached hydrogens (primary N) is 1. The van der Waals surface area contributed by atoms with E-state index >= 15 is 0 Å². The normalized spacial score (nSPS) is 11.2. The Morgan fingerprint density at radius 2 is 2.04 bits per heavy atom. The second-order valence-corrected chi connectivity index (χ2v) is 6.40. The van der Waals surface area contributed by atoms with Crippen LogP contribution in [0.15, 0.2) is 42.6 Å². The van der Waals surface area contributed by atoms with Crippen LogP contribution in [0.3, 0.4) is 0 Å². The Morgan fingerprint density at radius 3 is 2.76 bits per heavy atom. The van der Waals surface area contributed by atoms with Gasteiger partial charge in [-0.15, -0.1) is 0 Å². The van der Waals surface area contributed by atoms with E-state index in [0.717, 1.165) is 40.8 Å². The molecule has 0 saturated carbocycles. The van der Waals surface area contributed by atoms with Crippen LogP contribution in [0, 0.1) is 0 Å². The summed E-state index contributed by atoms with van der Waals surface area (Å²) in [5, 5.41) is 8.80. The van der Waals surface area contributed by atoms with Gasteiger partial charge in [-0.2, -0.15) is 5.10 Å². The first-order valence-electron chi connectivity index (χ1n) is 8.20. The lowest BCUT2D eigenvalue weighted by Gasteiger charge is -2.16. The fourth-order valence-electron chi connectivity index (χ4n) is 2.84. The van der Waals surface area contributed by atoms with E-state index in [9.17, 15) is 4.79 Å². The number of hydrogen-bond acceptors (Lipinski definition) is 4. The Morgan fingerprint density at radius 1 is 1.24 bits per heavy atom. The summed E-state index contributed by atoms with van der Waals surface area (Å²) >= 11 is 0. The molecule has 1 aromatic heterocycles. The van der Waals surface area contributed by atoms with Gasteiger partial charge in [0.25, 0.3) is 0 Å². The lowest BCUT2D eigenvalue weighted by atomic mass is 9.99. The molecule has 25 heavy (non-hydrogen) atoms. The van der Waals surface area contributed by atoms with Crippen molar-refractivity contribution in [2.75, 3.05) is 32.5 Å². The van der Waals surface area contributed by atoms with E-state index in [4.69, 9.17) is 5.73 Å². The average Bonchev–Trinajstić information content (AvgIpc) is 2.95. The van der Waals surface area contributed by atoms with Crippen LogP contribution in [-0.2, 0) is 7.05 Å². The number of primary amides is 1. The minimum Gasteiger partial charge on any atom is -0.383 e. The zero-order valence-electron chi connectivity index (χ0n) is 14.8. The molecule has 2 aromatic carbocycles. The zero-order valence-corrected chi connectivity index (χ0v) is 14.8. The molecule has 6 nitrogen and oxygen atoms in total. The van der Waals surface area contributed by atoms with Gasteiger partial charge in [0.05, 0.1) is 11.7 Å². The molecule has 0 unspecified atom stereocenters. The molecule has 0 aliphatic heterocycles. The third-order valence-corrected chi connectivity index (χ3v) is 4.24. The minimum absolute atomic E-state index is 0.427. The van der Waals surface area contributed by atoms with Gasteiger partial charge in [-0.3, -0.25) is 9.48 Å². The number of amides is 1. The number of carbonyl (C=O) groups excluding carboxylic acids is 1. The second-order valence-electron chi connectivity index (χ2n) is 6.40. The fraction of sp³-hybridized carbons (Fsp3) is 0.263. The quantitative estimate of drug-likeness (QED) is 0.724. The second kappa shape index (κ2) is 6.94. The largest absolute Gasteiger partial charge is 0.383 e. The molecule has 0 atom stereocenters. The van der Waals surface area contributed by atoms with Crippen LogP contribution in [0.1, 0.15) is 10.4 Å². The SMILES string of the molecule is CN(C)CCNc1ccc(C(N)=O)cc1-c1ccc2c(cnn2C)c1. The maximum absolute atomic E-state index is 11.6. The van der Waals surface area contributed by atoms with E-state index in [0.29, 0.717) is 5.56 Å². The Balaban J connectivity index is 2.02. The number of anilines is 1. The van der Waals surface area contributed by atoms with Gasteiger partial charge in [0, 0.05) is 42.3 Å². The standard InChI is InChI=1S/C19H23N5O/c1-23(2)9-8-21-17-6-4-14(19(20)25)11-16(17)13-5-7-18-15(10-13)12-22-24(18)3/h4-7,10-12,21H,8-9H2,1-3H3,(H2,20,25). The van der Waals surface area contributed by atoms with Crippen molar-refractivity contribution in [1.29, 1.82) is 0 Å². The molecule has 0 radical (unpaired) electrons. The highest BCUT2D eigenvalue weighted by Crippen LogP contribution is 2.31. The Kier molecular flexibility index (Phi) is 4.72. The smallest absolute Gasteiger partial charge is 0.248 e. The first-order chi connectivity index (χ1) is 12.0.